The Morgan fingerprint density at radius 1 is 1.30 bits per heavy atom. The maximum Gasteiger partial charge on any atom is 0.326 e. The van der Waals surface area contributed by atoms with Gasteiger partial charge in [-0.1, -0.05) is 13.8 Å². The third-order valence-electron chi connectivity index (χ3n) is 2.72. The summed E-state index contributed by atoms with van der Waals surface area (Å²) in [5.41, 5.74) is 5.29. The minimum absolute atomic E-state index is 0.160. The zero-order chi connectivity index (χ0) is 15.7. The lowest BCUT2D eigenvalue weighted by atomic mass is 10.1. The van der Waals surface area contributed by atoms with Gasteiger partial charge < -0.3 is 16.2 Å². The van der Waals surface area contributed by atoms with Crippen LogP contribution in [0.25, 0.3) is 0 Å². The minimum Gasteiger partial charge on any atom is -0.480 e. The number of nitrogens with zero attached hydrogens (tertiary/aromatic N) is 1. The van der Waals surface area contributed by atoms with Crippen LogP contribution in [-0.2, 0) is 14.4 Å². The lowest BCUT2D eigenvalue weighted by Gasteiger charge is -2.21. The summed E-state index contributed by atoms with van der Waals surface area (Å²) in [5, 5.41) is 18.7. The largest absolute Gasteiger partial charge is 0.480 e. The smallest absolute Gasteiger partial charge is 0.326 e. The molecule has 114 valence electrons. The van der Waals surface area contributed by atoms with Crippen LogP contribution in [0.2, 0.25) is 0 Å². The van der Waals surface area contributed by atoms with Crippen molar-refractivity contribution < 1.29 is 19.5 Å². The summed E-state index contributed by atoms with van der Waals surface area (Å²) < 4.78 is 0. The third kappa shape index (κ3) is 6.17. The Bertz CT molecular complexity index is 384. The van der Waals surface area contributed by atoms with Gasteiger partial charge in [0.05, 0.1) is 0 Å². The van der Waals surface area contributed by atoms with Gasteiger partial charge in [0.1, 0.15) is 6.04 Å². The van der Waals surface area contributed by atoms with Gasteiger partial charge in [0, 0.05) is 19.4 Å². The molecule has 0 saturated heterocycles. The van der Waals surface area contributed by atoms with E-state index in [1.54, 1.807) is 13.8 Å². The number of carboxylic acids is 1. The molecule has 0 rings (SSSR count). The highest BCUT2D eigenvalue weighted by Gasteiger charge is 2.20. The molecule has 8 nitrogen and oxygen atoms in total. The number of carbonyl (C=O) groups is 3. The van der Waals surface area contributed by atoms with Crippen molar-refractivity contribution in [1.82, 2.24) is 10.2 Å². The molecule has 0 aliphatic carbocycles. The summed E-state index contributed by atoms with van der Waals surface area (Å²) in [6, 6.07) is -0.993. The van der Waals surface area contributed by atoms with Crippen LogP contribution in [0.3, 0.4) is 0 Å². The van der Waals surface area contributed by atoms with Gasteiger partial charge in [-0.15, -0.1) is 0 Å². The van der Waals surface area contributed by atoms with Crippen LogP contribution in [0.4, 0.5) is 0 Å². The Kier molecular flexibility index (Phi) is 7.95. The number of hydrogen-bond acceptors (Lipinski definition) is 4. The van der Waals surface area contributed by atoms with Gasteiger partial charge in [-0.3, -0.25) is 19.9 Å². The number of hydrogen-bond donors (Lipinski definition) is 4. The number of carbonyl (C=O) groups excluding carboxylic acids is 2. The van der Waals surface area contributed by atoms with Gasteiger partial charge >= 0.3 is 5.97 Å². The fraction of sp³-hybridized carbons (Fsp3) is 0.667. The van der Waals surface area contributed by atoms with E-state index in [0.717, 1.165) is 4.90 Å². The summed E-state index contributed by atoms with van der Waals surface area (Å²) in [6.45, 7) is 3.44. The van der Waals surface area contributed by atoms with E-state index in [0.29, 0.717) is 6.42 Å². The van der Waals surface area contributed by atoms with Crippen LogP contribution < -0.4 is 11.1 Å². The minimum atomic E-state index is -1.12. The van der Waals surface area contributed by atoms with Crippen molar-refractivity contribution in [3.8, 4) is 0 Å². The van der Waals surface area contributed by atoms with E-state index in [2.05, 4.69) is 5.32 Å². The first-order valence-corrected chi connectivity index (χ1v) is 6.50. The van der Waals surface area contributed by atoms with E-state index in [1.165, 1.54) is 0 Å². The highest BCUT2D eigenvalue weighted by atomic mass is 16.4. The number of nitrogens with one attached hydrogen (secondary N) is 2. The summed E-state index contributed by atoms with van der Waals surface area (Å²) in [6.07, 6.45) is 0.917. The Morgan fingerprint density at radius 3 is 2.30 bits per heavy atom. The Hall–Kier alpha value is -2.12. The van der Waals surface area contributed by atoms with E-state index >= 15 is 0 Å². The first-order chi connectivity index (χ1) is 9.33. The Labute approximate surface area is 117 Å². The summed E-state index contributed by atoms with van der Waals surface area (Å²) in [5.74, 6) is -2.11. The van der Waals surface area contributed by atoms with Crippen molar-refractivity contribution in [2.75, 3.05) is 6.54 Å². The molecule has 0 saturated carbocycles. The predicted molar refractivity (Wildman–Crippen MR) is 73.0 cm³/mol. The molecule has 0 aromatic carbocycles. The highest BCUT2D eigenvalue weighted by molar-refractivity contribution is 5.94. The molecule has 0 aromatic heterocycles. The van der Waals surface area contributed by atoms with Crippen molar-refractivity contribution in [2.24, 2.45) is 5.73 Å². The van der Waals surface area contributed by atoms with Gasteiger partial charge in [0.15, 0.2) is 5.96 Å². The van der Waals surface area contributed by atoms with Crippen LogP contribution in [-0.4, -0.2) is 46.3 Å². The molecular weight excluding hydrogens is 264 g/mol. The van der Waals surface area contributed by atoms with E-state index < -0.39 is 12.0 Å². The molecule has 0 spiro atoms. The van der Waals surface area contributed by atoms with Crippen molar-refractivity contribution in [3.05, 3.63) is 0 Å². The fourth-order valence-electron chi connectivity index (χ4n) is 1.58. The SMILES string of the molecule is CCC(=O)N[C@@H](CCCN(C(=N)N)C(=O)CC)C(=O)O. The van der Waals surface area contributed by atoms with Gasteiger partial charge in [-0.05, 0) is 12.8 Å². The van der Waals surface area contributed by atoms with Gasteiger partial charge in [0.2, 0.25) is 11.8 Å². The van der Waals surface area contributed by atoms with Crippen LogP contribution in [0.15, 0.2) is 0 Å². The first kappa shape index (κ1) is 17.9. The van der Waals surface area contributed by atoms with Crippen LogP contribution >= 0.6 is 0 Å². The molecule has 20 heavy (non-hydrogen) atoms. The molecule has 0 aliphatic heterocycles. The van der Waals surface area contributed by atoms with E-state index in [-0.39, 0.29) is 43.6 Å². The lowest BCUT2D eigenvalue weighted by molar-refractivity contribution is -0.142. The molecule has 0 bridgehead atoms. The van der Waals surface area contributed by atoms with Crippen molar-refractivity contribution in [2.45, 2.75) is 45.6 Å². The number of rotatable bonds is 8. The average molecular weight is 286 g/mol. The van der Waals surface area contributed by atoms with Crippen molar-refractivity contribution >= 4 is 23.7 Å². The standard InChI is InChI=1S/C12H22N4O4/c1-3-9(17)15-8(11(19)20)6-5-7-16(12(13)14)10(18)4-2/h8H,3-7H2,1-2H3,(H3,13,14)(H,15,17)(H,19,20)/t8-/m0/s1. The summed E-state index contributed by atoms with van der Waals surface area (Å²) >= 11 is 0. The third-order valence-corrected chi connectivity index (χ3v) is 2.72. The number of aliphatic carboxylic acids is 1. The summed E-state index contributed by atoms with van der Waals surface area (Å²) in [4.78, 5) is 34.8. The van der Waals surface area contributed by atoms with Crippen LogP contribution in [0, 0.1) is 5.41 Å². The molecule has 1 atom stereocenters. The Balaban J connectivity index is 4.41. The molecule has 0 aliphatic rings. The molecule has 0 radical (unpaired) electrons. The predicted octanol–water partition coefficient (Wildman–Crippen LogP) is -0.122. The molecule has 0 unspecified atom stereocenters. The molecule has 0 fully saturated rings. The zero-order valence-corrected chi connectivity index (χ0v) is 11.8. The second-order valence-electron chi connectivity index (χ2n) is 4.24. The van der Waals surface area contributed by atoms with E-state index in [4.69, 9.17) is 16.2 Å². The summed E-state index contributed by atoms with van der Waals surface area (Å²) in [7, 11) is 0. The van der Waals surface area contributed by atoms with Gasteiger partial charge in [-0.25, -0.2) is 4.79 Å². The average Bonchev–Trinajstić information content (AvgIpc) is 2.40. The van der Waals surface area contributed by atoms with Crippen molar-refractivity contribution in [3.63, 3.8) is 0 Å². The lowest BCUT2D eigenvalue weighted by Crippen LogP contribution is -2.43. The molecular formula is C12H22N4O4. The normalized spacial score (nSPS) is 11.5. The molecule has 8 heteroatoms. The topological polar surface area (TPSA) is 137 Å². The first-order valence-electron chi connectivity index (χ1n) is 6.50. The molecule has 5 N–H and O–H groups in total. The highest BCUT2D eigenvalue weighted by Crippen LogP contribution is 2.03. The Morgan fingerprint density at radius 2 is 1.90 bits per heavy atom. The fourth-order valence-corrected chi connectivity index (χ4v) is 1.58. The number of guanidine groups is 1. The van der Waals surface area contributed by atoms with E-state index in [9.17, 15) is 14.4 Å². The maximum absolute atomic E-state index is 11.5. The zero-order valence-electron chi connectivity index (χ0n) is 11.8. The van der Waals surface area contributed by atoms with Gasteiger partial charge in [-0.2, -0.15) is 0 Å². The maximum atomic E-state index is 11.5. The molecule has 0 heterocycles. The van der Waals surface area contributed by atoms with Crippen LogP contribution in [0.5, 0.6) is 0 Å². The van der Waals surface area contributed by atoms with E-state index in [1.807, 2.05) is 0 Å². The second-order valence-corrected chi connectivity index (χ2v) is 4.24. The number of nitrogens with two attached hydrogens (primary N) is 1. The number of amides is 2. The molecule has 2 amide bonds. The van der Waals surface area contributed by atoms with Crippen LogP contribution in [0.1, 0.15) is 39.5 Å². The van der Waals surface area contributed by atoms with Crippen molar-refractivity contribution in [1.29, 1.82) is 5.41 Å². The number of carboxylic acid groups (broad SMARTS) is 1. The molecule has 0 aromatic rings. The quantitative estimate of drug-likeness (QED) is 0.364. The van der Waals surface area contributed by atoms with Gasteiger partial charge in [0.25, 0.3) is 0 Å². The second kappa shape index (κ2) is 8.89. The monoisotopic (exact) mass is 286 g/mol.